The minimum atomic E-state index is 0. The summed E-state index contributed by atoms with van der Waals surface area (Å²) >= 11 is 0. The number of rotatable bonds is 8. The molecule has 0 radical (unpaired) electrons. The first kappa shape index (κ1) is 24.1. The third kappa shape index (κ3) is 6.16. The van der Waals surface area contributed by atoms with Gasteiger partial charge in [-0.15, -0.1) is 24.0 Å². The number of nitrogens with one attached hydrogen (secondary N) is 1. The van der Waals surface area contributed by atoms with Crippen LogP contribution in [0.2, 0.25) is 0 Å². The number of ether oxygens (including phenoxy) is 3. The van der Waals surface area contributed by atoms with Crippen molar-refractivity contribution in [2.24, 2.45) is 12.0 Å². The summed E-state index contributed by atoms with van der Waals surface area (Å²) in [6.07, 6.45) is 2.08. The van der Waals surface area contributed by atoms with Gasteiger partial charge in [-0.05, 0) is 25.0 Å². The summed E-state index contributed by atoms with van der Waals surface area (Å²) in [4.78, 5) is 6.82. The van der Waals surface area contributed by atoms with Gasteiger partial charge in [-0.2, -0.15) is 5.10 Å². The SMILES string of the molecule is CCNC(=NCCOc1ccc2c(c1)OCO2)N(C)Cc1cn(C)nc1C(C)C.I. The van der Waals surface area contributed by atoms with Crippen molar-refractivity contribution < 1.29 is 14.2 Å². The van der Waals surface area contributed by atoms with Crippen molar-refractivity contribution in [1.82, 2.24) is 20.0 Å². The Labute approximate surface area is 195 Å². The molecule has 2 aromatic rings. The number of nitrogens with zero attached hydrogens (tertiary/aromatic N) is 4. The Hall–Kier alpha value is -2.17. The van der Waals surface area contributed by atoms with E-state index in [1.54, 1.807) is 0 Å². The molecule has 1 aromatic heterocycles. The molecule has 8 nitrogen and oxygen atoms in total. The van der Waals surface area contributed by atoms with Crippen molar-refractivity contribution in [3.05, 3.63) is 35.7 Å². The summed E-state index contributed by atoms with van der Waals surface area (Å²) in [6, 6.07) is 5.59. The first-order valence-corrected chi connectivity index (χ1v) is 10.0. The van der Waals surface area contributed by atoms with Crippen LogP contribution in [0, 0.1) is 0 Å². The van der Waals surface area contributed by atoms with Crippen molar-refractivity contribution in [1.29, 1.82) is 0 Å². The van der Waals surface area contributed by atoms with Crippen LogP contribution in [0.25, 0.3) is 0 Å². The third-order valence-corrected chi connectivity index (χ3v) is 4.55. The Bertz CT molecular complexity index is 853. The Morgan fingerprint density at radius 2 is 2.10 bits per heavy atom. The van der Waals surface area contributed by atoms with E-state index in [2.05, 4.69) is 42.3 Å². The third-order valence-electron chi connectivity index (χ3n) is 4.55. The normalized spacial score (nSPS) is 12.7. The van der Waals surface area contributed by atoms with Crippen molar-refractivity contribution in [3.8, 4) is 17.2 Å². The Balaban J connectivity index is 0.00000320. The van der Waals surface area contributed by atoms with Gasteiger partial charge in [0.05, 0.1) is 12.2 Å². The van der Waals surface area contributed by atoms with Crippen molar-refractivity contribution in [3.63, 3.8) is 0 Å². The van der Waals surface area contributed by atoms with Gasteiger partial charge in [0.2, 0.25) is 6.79 Å². The van der Waals surface area contributed by atoms with Gasteiger partial charge < -0.3 is 24.4 Å². The van der Waals surface area contributed by atoms with Gasteiger partial charge in [0.25, 0.3) is 0 Å². The van der Waals surface area contributed by atoms with Crippen LogP contribution in [-0.2, 0) is 13.6 Å². The summed E-state index contributed by atoms with van der Waals surface area (Å²) in [5.41, 5.74) is 2.34. The fourth-order valence-electron chi connectivity index (χ4n) is 3.24. The fraction of sp³-hybridized carbons (Fsp3) is 0.524. The van der Waals surface area contributed by atoms with E-state index >= 15 is 0 Å². The lowest BCUT2D eigenvalue weighted by Crippen LogP contribution is -2.39. The molecule has 0 unspecified atom stereocenters. The number of hydrogen-bond acceptors (Lipinski definition) is 5. The number of aryl methyl sites for hydroxylation is 1. The molecule has 0 fully saturated rings. The number of aromatic nitrogens is 2. The van der Waals surface area contributed by atoms with Gasteiger partial charge >= 0.3 is 0 Å². The highest BCUT2D eigenvalue weighted by Gasteiger charge is 2.15. The molecule has 0 bridgehead atoms. The van der Waals surface area contributed by atoms with Crippen LogP contribution in [0.5, 0.6) is 17.2 Å². The number of benzene rings is 1. The smallest absolute Gasteiger partial charge is 0.231 e. The highest BCUT2D eigenvalue weighted by molar-refractivity contribution is 14.0. The van der Waals surface area contributed by atoms with Crippen LogP contribution in [-0.4, -0.2) is 54.2 Å². The molecule has 2 heterocycles. The van der Waals surface area contributed by atoms with Crippen molar-refractivity contribution in [2.45, 2.75) is 33.2 Å². The van der Waals surface area contributed by atoms with E-state index in [1.807, 2.05) is 37.0 Å². The van der Waals surface area contributed by atoms with E-state index in [4.69, 9.17) is 19.2 Å². The summed E-state index contributed by atoms with van der Waals surface area (Å²) in [6.45, 7) is 9.23. The summed E-state index contributed by atoms with van der Waals surface area (Å²) in [5.74, 6) is 3.45. The van der Waals surface area contributed by atoms with Gasteiger partial charge in [0.15, 0.2) is 17.5 Å². The average molecular weight is 529 g/mol. The highest BCUT2D eigenvalue weighted by Crippen LogP contribution is 2.35. The maximum absolute atomic E-state index is 5.81. The fourth-order valence-corrected chi connectivity index (χ4v) is 3.24. The number of fused-ring (bicyclic) bond motifs is 1. The van der Waals surface area contributed by atoms with E-state index in [0.29, 0.717) is 19.1 Å². The highest BCUT2D eigenvalue weighted by atomic mass is 127. The van der Waals surface area contributed by atoms with E-state index in [1.165, 1.54) is 5.56 Å². The standard InChI is InChI=1S/C21H31N5O3.HI/c1-6-22-21(25(4)12-16-13-26(5)24-20(16)15(2)3)23-9-10-27-17-7-8-18-19(11-17)29-14-28-18;/h7-8,11,13,15H,6,9-10,12,14H2,1-5H3,(H,22,23);1H. The van der Waals surface area contributed by atoms with Gasteiger partial charge in [0.1, 0.15) is 12.4 Å². The van der Waals surface area contributed by atoms with Crippen LogP contribution in [0.1, 0.15) is 37.9 Å². The first-order valence-electron chi connectivity index (χ1n) is 10.0. The van der Waals surface area contributed by atoms with Crippen LogP contribution in [0.3, 0.4) is 0 Å². The molecular formula is C21H32IN5O3. The van der Waals surface area contributed by atoms with Crippen LogP contribution >= 0.6 is 24.0 Å². The zero-order valence-electron chi connectivity index (χ0n) is 18.3. The second-order valence-electron chi connectivity index (χ2n) is 7.32. The lowest BCUT2D eigenvalue weighted by atomic mass is 10.1. The molecule has 0 amide bonds. The molecule has 0 aliphatic carbocycles. The Kier molecular flexibility index (Phi) is 9.07. The topological polar surface area (TPSA) is 73.1 Å². The van der Waals surface area contributed by atoms with E-state index in [9.17, 15) is 0 Å². The predicted molar refractivity (Wildman–Crippen MR) is 128 cm³/mol. The van der Waals surface area contributed by atoms with Gasteiger partial charge in [-0.3, -0.25) is 4.68 Å². The minimum absolute atomic E-state index is 0. The maximum atomic E-state index is 5.81. The van der Waals surface area contributed by atoms with Gasteiger partial charge in [-0.1, -0.05) is 13.8 Å². The molecular weight excluding hydrogens is 497 g/mol. The molecule has 0 spiro atoms. The van der Waals surface area contributed by atoms with Gasteiger partial charge in [-0.25, -0.2) is 4.99 Å². The molecule has 30 heavy (non-hydrogen) atoms. The van der Waals surface area contributed by atoms with Gasteiger partial charge in [0, 0.05) is 45.0 Å². The van der Waals surface area contributed by atoms with E-state index in [-0.39, 0.29) is 30.8 Å². The second kappa shape index (κ2) is 11.3. The zero-order valence-corrected chi connectivity index (χ0v) is 20.7. The molecule has 0 saturated heterocycles. The Morgan fingerprint density at radius 3 is 2.83 bits per heavy atom. The lowest BCUT2D eigenvalue weighted by Gasteiger charge is -2.22. The molecule has 166 valence electrons. The molecule has 9 heteroatoms. The summed E-state index contributed by atoms with van der Waals surface area (Å²) in [7, 11) is 4.00. The lowest BCUT2D eigenvalue weighted by molar-refractivity contribution is 0.173. The molecule has 1 N–H and O–H groups in total. The van der Waals surface area contributed by atoms with E-state index in [0.717, 1.165) is 42.0 Å². The van der Waals surface area contributed by atoms with Crippen LogP contribution in [0.4, 0.5) is 0 Å². The second-order valence-corrected chi connectivity index (χ2v) is 7.32. The number of halogens is 1. The molecule has 0 saturated carbocycles. The van der Waals surface area contributed by atoms with E-state index < -0.39 is 0 Å². The summed E-state index contributed by atoms with van der Waals surface area (Å²) in [5, 5.41) is 7.94. The van der Waals surface area contributed by atoms with Crippen LogP contribution < -0.4 is 19.5 Å². The van der Waals surface area contributed by atoms with Crippen LogP contribution in [0.15, 0.2) is 29.4 Å². The molecule has 1 aromatic carbocycles. The zero-order chi connectivity index (χ0) is 20.8. The molecule has 1 aliphatic rings. The minimum Gasteiger partial charge on any atom is -0.492 e. The predicted octanol–water partition coefficient (Wildman–Crippen LogP) is 3.37. The quantitative estimate of drug-likeness (QED) is 0.245. The molecule has 0 atom stereocenters. The Morgan fingerprint density at radius 1 is 1.33 bits per heavy atom. The number of guanidine groups is 1. The van der Waals surface area contributed by atoms with Crippen molar-refractivity contribution >= 4 is 29.9 Å². The van der Waals surface area contributed by atoms with Crippen molar-refractivity contribution in [2.75, 3.05) is 33.5 Å². The molecule has 3 rings (SSSR count). The maximum Gasteiger partial charge on any atom is 0.231 e. The largest absolute Gasteiger partial charge is 0.492 e. The first-order chi connectivity index (χ1) is 14.0. The summed E-state index contributed by atoms with van der Waals surface area (Å²) < 4.78 is 18.4. The number of aliphatic imine (C=N–C) groups is 1. The number of hydrogen-bond donors (Lipinski definition) is 1. The molecule has 1 aliphatic heterocycles. The average Bonchev–Trinajstić information content (AvgIpc) is 3.29. The monoisotopic (exact) mass is 529 g/mol.